The van der Waals surface area contributed by atoms with Gasteiger partial charge < -0.3 is 11.1 Å². The standard InChI is InChI=1S/C19H29N3O/c1-6-10-22(11-7-2)18(14(3)4)13-21-19(23)17-12-16(20)9-8-15(17)5/h6-9,12,14,18H,1-2,10-11,13,20H2,3-5H3,(H,21,23). The minimum Gasteiger partial charge on any atom is -0.399 e. The normalized spacial score (nSPS) is 12.2. The van der Waals surface area contributed by atoms with Gasteiger partial charge in [-0.3, -0.25) is 9.69 Å². The van der Waals surface area contributed by atoms with E-state index < -0.39 is 0 Å². The van der Waals surface area contributed by atoms with E-state index in [1.807, 2.05) is 25.1 Å². The molecule has 0 fully saturated rings. The quantitative estimate of drug-likeness (QED) is 0.544. The molecule has 0 radical (unpaired) electrons. The van der Waals surface area contributed by atoms with E-state index in [2.05, 4.69) is 37.2 Å². The number of anilines is 1. The van der Waals surface area contributed by atoms with Gasteiger partial charge in [0.15, 0.2) is 0 Å². The van der Waals surface area contributed by atoms with E-state index in [1.165, 1.54) is 0 Å². The maximum Gasteiger partial charge on any atom is 0.251 e. The summed E-state index contributed by atoms with van der Waals surface area (Å²) in [6.07, 6.45) is 3.76. The maximum atomic E-state index is 12.5. The molecule has 0 spiro atoms. The van der Waals surface area contributed by atoms with E-state index in [1.54, 1.807) is 12.1 Å². The Labute approximate surface area is 140 Å². The van der Waals surface area contributed by atoms with E-state index in [0.29, 0.717) is 23.7 Å². The monoisotopic (exact) mass is 315 g/mol. The minimum absolute atomic E-state index is 0.0855. The fourth-order valence-electron chi connectivity index (χ4n) is 2.64. The van der Waals surface area contributed by atoms with Crippen LogP contribution in [0.1, 0.15) is 29.8 Å². The van der Waals surface area contributed by atoms with Gasteiger partial charge in [0.1, 0.15) is 0 Å². The second kappa shape index (κ2) is 9.16. The first kappa shape index (κ1) is 19.0. The van der Waals surface area contributed by atoms with Crippen LogP contribution in [0.25, 0.3) is 0 Å². The topological polar surface area (TPSA) is 58.4 Å². The Kier molecular flexibility index (Phi) is 7.55. The van der Waals surface area contributed by atoms with Gasteiger partial charge in [0, 0.05) is 36.9 Å². The van der Waals surface area contributed by atoms with Crippen molar-refractivity contribution >= 4 is 11.6 Å². The minimum atomic E-state index is -0.0855. The lowest BCUT2D eigenvalue weighted by Gasteiger charge is -2.33. The number of nitrogens with one attached hydrogen (secondary N) is 1. The number of hydrogen-bond acceptors (Lipinski definition) is 3. The Morgan fingerprint density at radius 1 is 1.30 bits per heavy atom. The van der Waals surface area contributed by atoms with Crippen LogP contribution in [-0.4, -0.2) is 36.5 Å². The summed E-state index contributed by atoms with van der Waals surface area (Å²) in [5, 5.41) is 3.04. The molecule has 0 bridgehead atoms. The lowest BCUT2D eigenvalue weighted by Crippen LogP contribution is -2.47. The molecule has 1 rings (SSSR count). The first-order valence-corrected chi connectivity index (χ1v) is 8.00. The van der Waals surface area contributed by atoms with Crippen molar-refractivity contribution in [3.05, 3.63) is 54.6 Å². The molecule has 126 valence electrons. The van der Waals surface area contributed by atoms with E-state index >= 15 is 0 Å². The highest BCUT2D eigenvalue weighted by atomic mass is 16.1. The van der Waals surface area contributed by atoms with Gasteiger partial charge in [0.05, 0.1) is 0 Å². The van der Waals surface area contributed by atoms with Crippen LogP contribution >= 0.6 is 0 Å². The molecule has 0 aromatic heterocycles. The van der Waals surface area contributed by atoms with Gasteiger partial charge in [-0.15, -0.1) is 13.2 Å². The van der Waals surface area contributed by atoms with E-state index in [4.69, 9.17) is 5.73 Å². The van der Waals surface area contributed by atoms with Crippen LogP contribution in [0.3, 0.4) is 0 Å². The van der Waals surface area contributed by atoms with E-state index in [9.17, 15) is 4.79 Å². The van der Waals surface area contributed by atoms with Gasteiger partial charge in [-0.05, 0) is 30.5 Å². The number of aryl methyl sites for hydroxylation is 1. The van der Waals surface area contributed by atoms with Crippen LogP contribution < -0.4 is 11.1 Å². The molecule has 3 N–H and O–H groups in total. The number of benzene rings is 1. The first-order valence-electron chi connectivity index (χ1n) is 8.00. The molecule has 1 unspecified atom stereocenters. The summed E-state index contributed by atoms with van der Waals surface area (Å²) in [7, 11) is 0. The Balaban J connectivity index is 2.81. The fourth-order valence-corrected chi connectivity index (χ4v) is 2.64. The average molecular weight is 315 g/mol. The van der Waals surface area contributed by atoms with Gasteiger partial charge in [-0.1, -0.05) is 32.1 Å². The molecule has 4 nitrogen and oxygen atoms in total. The highest BCUT2D eigenvalue weighted by molar-refractivity contribution is 5.96. The Hall–Kier alpha value is -2.07. The van der Waals surface area contributed by atoms with Crippen LogP contribution in [0.15, 0.2) is 43.5 Å². The van der Waals surface area contributed by atoms with Crippen LogP contribution in [0.4, 0.5) is 5.69 Å². The molecule has 0 saturated heterocycles. The van der Waals surface area contributed by atoms with Crippen molar-refractivity contribution in [3.8, 4) is 0 Å². The molecular formula is C19H29N3O. The predicted octanol–water partition coefficient (Wildman–Crippen LogP) is 3.01. The second-order valence-electron chi connectivity index (χ2n) is 6.13. The Bertz CT molecular complexity index is 542. The molecule has 1 amide bonds. The maximum absolute atomic E-state index is 12.5. The number of rotatable bonds is 9. The SMILES string of the molecule is C=CCN(CC=C)C(CNC(=O)c1cc(N)ccc1C)C(C)C. The number of hydrogen-bond donors (Lipinski definition) is 2. The summed E-state index contributed by atoms with van der Waals surface area (Å²) < 4.78 is 0. The largest absolute Gasteiger partial charge is 0.399 e. The summed E-state index contributed by atoms with van der Waals surface area (Å²) >= 11 is 0. The molecule has 0 aliphatic rings. The second-order valence-corrected chi connectivity index (χ2v) is 6.13. The predicted molar refractivity (Wildman–Crippen MR) is 98.5 cm³/mol. The zero-order chi connectivity index (χ0) is 17.4. The summed E-state index contributed by atoms with van der Waals surface area (Å²) in [4.78, 5) is 14.7. The lowest BCUT2D eigenvalue weighted by molar-refractivity contribution is 0.0926. The van der Waals surface area contributed by atoms with Gasteiger partial charge in [0.25, 0.3) is 5.91 Å². The third-order valence-electron chi connectivity index (χ3n) is 3.94. The van der Waals surface area contributed by atoms with Gasteiger partial charge in [-0.25, -0.2) is 0 Å². The number of carbonyl (C=O) groups is 1. The van der Waals surface area contributed by atoms with Crippen molar-refractivity contribution in [2.24, 2.45) is 5.92 Å². The zero-order valence-corrected chi connectivity index (χ0v) is 14.5. The van der Waals surface area contributed by atoms with Crippen molar-refractivity contribution < 1.29 is 4.79 Å². The fraction of sp³-hybridized carbons (Fsp3) is 0.421. The van der Waals surface area contributed by atoms with Gasteiger partial charge >= 0.3 is 0 Å². The van der Waals surface area contributed by atoms with E-state index in [-0.39, 0.29) is 11.9 Å². The number of nitrogens with zero attached hydrogens (tertiary/aromatic N) is 1. The first-order chi connectivity index (χ1) is 10.9. The molecule has 0 saturated carbocycles. The summed E-state index contributed by atoms with van der Waals surface area (Å²) in [5.41, 5.74) is 7.94. The van der Waals surface area contributed by atoms with Crippen molar-refractivity contribution in [2.75, 3.05) is 25.4 Å². The van der Waals surface area contributed by atoms with Crippen LogP contribution in [0, 0.1) is 12.8 Å². The highest BCUT2D eigenvalue weighted by Gasteiger charge is 2.21. The van der Waals surface area contributed by atoms with Crippen molar-refractivity contribution in [1.29, 1.82) is 0 Å². The van der Waals surface area contributed by atoms with Crippen molar-refractivity contribution in [1.82, 2.24) is 10.2 Å². The highest BCUT2D eigenvalue weighted by Crippen LogP contribution is 2.14. The summed E-state index contributed by atoms with van der Waals surface area (Å²) in [6, 6.07) is 5.61. The molecule has 1 aromatic rings. The van der Waals surface area contributed by atoms with Crippen molar-refractivity contribution in [3.63, 3.8) is 0 Å². The molecule has 1 atom stereocenters. The number of carbonyl (C=O) groups excluding carboxylic acids is 1. The summed E-state index contributed by atoms with van der Waals surface area (Å²) in [6.45, 7) is 16.0. The van der Waals surface area contributed by atoms with E-state index in [0.717, 1.165) is 18.7 Å². The summed E-state index contributed by atoms with van der Waals surface area (Å²) in [5.74, 6) is 0.315. The number of amides is 1. The molecule has 4 heteroatoms. The third-order valence-corrected chi connectivity index (χ3v) is 3.94. The zero-order valence-electron chi connectivity index (χ0n) is 14.5. The van der Waals surface area contributed by atoms with Crippen molar-refractivity contribution in [2.45, 2.75) is 26.8 Å². The number of nitrogen functional groups attached to an aromatic ring is 1. The van der Waals surface area contributed by atoms with Gasteiger partial charge in [0.2, 0.25) is 0 Å². The van der Waals surface area contributed by atoms with Crippen LogP contribution in [-0.2, 0) is 0 Å². The Morgan fingerprint density at radius 3 is 2.43 bits per heavy atom. The molecule has 23 heavy (non-hydrogen) atoms. The molecule has 0 heterocycles. The molecule has 1 aromatic carbocycles. The van der Waals surface area contributed by atoms with Crippen LogP contribution in [0.5, 0.6) is 0 Å². The van der Waals surface area contributed by atoms with Crippen LogP contribution in [0.2, 0.25) is 0 Å². The smallest absolute Gasteiger partial charge is 0.251 e. The molecule has 0 aliphatic carbocycles. The molecule has 0 aliphatic heterocycles. The third kappa shape index (κ3) is 5.57. The number of nitrogens with two attached hydrogens (primary N) is 1. The lowest BCUT2D eigenvalue weighted by atomic mass is 10.0. The average Bonchev–Trinajstić information content (AvgIpc) is 2.49. The molecular weight excluding hydrogens is 286 g/mol. The Morgan fingerprint density at radius 2 is 1.91 bits per heavy atom. The van der Waals surface area contributed by atoms with Gasteiger partial charge in [-0.2, -0.15) is 0 Å².